The fourth-order valence-electron chi connectivity index (χ4n) is 4.37. The first-order chi connectivity index (χ1) is 19.9. The number of hydrogen-bond donors (Lipinski definition) is 0. The first-order valence-electron chi connectivity index (χ1n) is 13.3. The summed E-state index contributed by atoms with van der Waals surface area (Å²) in [6.45, 7) is 4.20. The average molecular weight is 581 g/mol. The van der Waals surface area contributed by atoms with Crippen molar-refractivity contribution in [3.05, 3.63) is 82.4 Å². The van der Waals surface area contributed by atoms with E-state index in [2.05, 4.69) is 9.97 Å². The van der Waals surface area contributed by atoms with Crippen molar-refractivity contribution >= 4 is 28.3 Å². The van der Waals surface area contributed by atoms with Crippen LogP contribution in [-0.2, 0) is 27.1 Å². The molecule has 1 aliphatic heterocycles. The van der Waals surface area contributed by atoms with Gasteiger partial charge in [0.1, 0.15) is 29.8 Å². The van der Waals surface area contributed by atoms with Crippen molar-refractivity contribution in [3.63, 3.8) is 0 Å². The maximum atomic E-state index is 14.1. The molecule has 5 rings (SSSR count). The SMILES string of the molecule is COc1cc2c(Oc3ccc(CC(=O)Cc4cc(C)ccc4F)c(Cl)c3)ncnc2cc1OCCCOC1COC1. The Morgan fingerprint density at radius 1 is 1.02 bits per heavy atom. The molecule has 0 atom stereocenters. The van der Waals surface area contributed by atoms with Gasteiger partial charge in [-0.2, -0.15) is 0 Å². The predicted molar refractivity (Wildman–Crippen MR) is 152 cm³/mol. The van der Waals surface area contributed by atoms with Gasteiger partial charge in [-0.3, -0.25) is 4.79 Å². The number of nitrogens with zero attached hydrogens (tertiary/aromatic N) is 2. The number of Topliss-reactive ketones (excluding diaryl/α,β-unsaturated/α-hetero) is 1. The van der Waals surface area contributed by atoms with Gasteiger partial charge in [-0.05, 0) is 42.3 Å². The predicted octanol–water partition coefficient (Wildman–Crippen LogP) is 6.07. The Balaban J connectivity index is 1.24. The van der Waals surface area contributed by atoms with E-state index in [1.54, 1.807) is 49.6 Å². The molecule has 1 fully saturated rings. The van der Waals surface area contributed by atoms with E-state index in [0.29, 0.717) is 76.6 Å². The number of ketones is 1. The monoisotopic (exact) mass is 580 g/mol. The van der Waals surface area contributed by atoms with Gasteiger partial charge in [-0.1, -0.05) is 35.4 Å². The molecule has 1 aromatic heterocycles. The van der Waals surface area contributed by atoms with Gasteiger partial charge in [-0.25, -0.2) is 14.4 Å². The Bertz CT molecular complexity index is 1550. The van der Waals surface area contributed by atoms with Crippen molar-refractivity contribution in [2.75, 3.05) is 33.5 Å². The van der Waals surface area contributed by atoms with E-state index in [1.807, 2.05) is 6.92 Å². The van der Waals surface area contributed by atoms with Crippen LogP contribution in [0.5, 0.6) is 23.1 Å². The summed E-state index contributed by atoms with van der Waals surface area (Å²) in [5.74, 6) is 1.29. The summed E-state index contributed by atoms with van der Waals surface area (Å²) >= 11 is 6.49. The van der Waals surface area contributed by atoms with Crippen LogP contribution >= 0.6 is 11.6 Å². The van der Waals surface area contributed by atoms with Gasteiger partial charge in [-0.15, -0.1) is 0 Å². The van der Waals surface area contributed by atoms with Gasteiger partial charge in [0, 0.05) is 30.4 Å². The maximum Gasteiger partial charge on any atom is 0.230 e. The van der Waals surface area contributed by atoms with Gasteiger partial charge in [0.25, 0.3) is 0 Å². The molecule has 0 amide bonds. The summed E-state index contributed by atoms with van der Waals surface area (Å²) in [6, 6.07) is 13.3. The summed E-state index contributed by atoms with van der Waals surface area (Å²) in [5, 5.41) is 0.988. The van der Waals surface area contributed by atoms with Gasteiger partial charge in [0.15, 0.2) is 11.5 Å². The third kappa shape index (κ3) is 7.30. The molecule has 1 saturated heterocycles. The molecule has 8 nitrogen and oxygen atoms in total. The molecular formula is C31H30ClFN2O6. The fraction of sp³-hybridized carbons (Fsp3) is 0.323. The van der Waals surface area contributed by atoms with Crippen molar-refractivity contribution in [1.29, 1.82) is 0 Å². The molecule has 214 valence electrons. The zero-order chi connectivity index (χ0) is 28.8. The van der Waals surface area contributed by atoms with E-state index >= 15 is 0 Å². The third-order valence-corrected chi connectivity index (χ3v) is 6.96. The van der Waals surface area contributed by atoms with Crippen LogP contribution in [0.3, 0.4) is 0 Å². The minimum absolute atomic E-state index is 0.00771. The Morgan fingerprint density at radius 3 is 2.61 bits per heavy atom. The number of carbonyl (C=O) groups is 1. The van der Waals surface area contributed by atoms with E-state index < -0.39 is 5.82 Å². The fourth-order valence-corrected chi connectivity index (χ4v) is 4.61. The number of ether oxygens (including phenoxy) is 5. The molecule has 0 N–H and O–H groups in total. The molecule has 4 aromatic rings. The summed E-state index contributed by atoms with van der Waals surface area (Å²) in [5.41, 5.74) is 2.51. The summed E-state index contributed by atoms with van der Waals surface area (Å²) < 4.78 is 42.4. The van der Waals surface area contributed by atoms with Crippen molar-refractivity contribution in [1.82, 2.24) is 9.97 Å². The maximum absolute atomic E-state index is 14.1. The first-order valence-corrected chi connectivity index (χ1v) is 13.7. The Kier molecular flexibility index (Phi) is 9.28. The zero-order valence-electron chi connectivity index (χ0n) is 22.8. The second-order valence-electron chi connectivity index (χ2n) is 9.77. The van der Waals surface area contributed by atoms with E-state index in [0.717, 1.165) is 12.0 Å². The lowest BCUT2D eigenvalue weighted by Gasteiger charge is -2.25. The number of aryl methyl sites for hydroxylation is 1. The summed E-state index contributed by atoms with van der Waals surface area (Å²) in [4.78, 5) is 21.3. The number of rotatable bonds is 13. The van der Waals surface area contributed by atoms with Crippen LogP contribution in [-0.4, -0.2) is 55.4 Å². The zero-order valence-corrected chi connectivity index (χ0v) is 23.6. The molecule has 41 heavy (non-hydrogen) atoms. The topological polar surface area (TPSA) is 89.0 Å². The van der Waals surface area contributed by atoms with Crippen LogP contribution < -0.4 is 14.2 Å². The van der Waals surface area contributed by atoms with E-state index in [1.165, 1.54) is 12.4 Å². The number of methoxy groups -OCH3 is 1. The number of aromatic nitrogens is 2. The Hall–Kier alpha value is -3.79. The van der Waals surface area contributed by atoms with E-state index in [-0.39, 0.29) is 24.7 Å². The van der Waals surface area contributed by atoms with Gasteiger partial charge >= 0.3 is 0 Å². The lowest BCUT2D eigenvalue weighted by atomic mass is 10.0. The lowest BCUT2D eigenvalue weighted by Crippen LogP contribution is -2.36. The van der Waals surface area contributed by atoms with Crippen LogP contribution in [0, 0.1) is 12.7 Å². The third-order valence-electron chi connectivity index (χ3n) is 6.61. The normalized spacial score (nSPS) is 13.2. The molecule has 0 bridgehead atoms. The quantitative estimate of drug-likeness (QED) is 0.176. The highest BCUT2D eigenvalue weighted by Gasteiger charge is 2.19. The van der Waals surface area contributed by atoms with Crippen molar-refractivity contribution in [3.8, 4) is 23.1 Å². The van der Waals surface area contributed by atoms with Gasteiger partial charge < -0.3 is 23.7 Å². The van der Waals surface area contributed by atoms with E-state index in [9.17, 15) is 9.18 Å². The second kappa shape index (κ2) is 13.2. The highest BCUT2D eigenvalue weighted by atomic mass is 35.5. The number of halogens is 2. The second-order valence-corrected chi connectivity index (χ2v) is 10.2. The van der Waals surface area contributed by atoms with Crippen molar-refractivity contribution in [2.24, 2.45) is 0 Å². The molecular weight excluding hydrogens is 551 g/mol. The van der Waals surface area contributed by atoms with Gasteiger partial charge in [0.05, 0.1) is 44.4 Å². The molecule has 0 saturated carbocycles. The summed E-state index contributed by atoms with van der Waals surface area (Å²) in [7, 11) is 1.56. The Morgan fingerprint density at radius 2 is 1.85 bits per heavy atom. The standard InChI is InChI=1S/C31H30ClFN2O6/c1-19-4-7-27(33)21(10-19)12-22(36)11-20-5-6-23(13-26(20)32)41-31-25-14-29(37-2)30(15-28(25)34-18-35-31)40-9-3-8-39-24-16-38-17-24/h4-7,10,13-15,18,24H,3,8-9,11-12,16-17H2,1-2H3. The summed E-state index contributed by atoms with van der Waals surface area (Å²) in [6.07, 6.45) is 2.38. The van der Waals surface area contributed by atoms with Gasteiger partial charge in [0.2, 0.25) is 5.88 Å². The smallest absolute Gasteiger partial charge is 0.230 e. The molecule has 0 unspecified atom stereocenters. The number of carbonyl (C=O) groups excluding carboxylic acids is 1. The highest BCUT2D eigenvalue weighted by molar-refractivity contribution is 6.31. The number of benzene rings is 3. The molecule has 10 heteroatoms. The van der Waals surface area contributed by atoms with Crippen molar-refractivity contribution < 1.29 is 32.9 Å². The van der Waals surface area contributed by atoms with Crippen LogP contribution in [0.2, 0.25) is 5.02 Å². The Labute approximate surface area is 242 Å². The van der Waals surface area contributed by atoms with Crippen LogP contribution in [0.1, 0.15) is 23.1 Å². The molecule has 2 heterocycles. The van der Waals surface area contributed by atoms with E-state index in [4.69, 9.17) is 35.3 Å². The molecule has 0 spiro atoms. The number of fused-ring (bicyclic) bond motifs is 1. The van der Waals surface area contributed by atoms with Crippen LogP contribution in [0.4, 0.5) is 4.39 Å². The first kappa shape index (κ1) is 28.7. The highest BCUT2D eigenvalue weighted by Crippen LogP contribution is 2.36. The molecule has 0 radical (unpaired) electrons. The van der Waals surface area contributed by atoms with Crippen LogP contribution in [0.15, 0.2) is 54.9 Å². The minimum Gasteiger partial charge on any atom is -0.493 e. The minimum atomic E-state index is -0.393. The molecule has 1 aliphatic rings. The molecule has 0 aliphatic carbocycles. The molecule has 3 aromatic carbocycles. The van der Waals surface area contributed by atoms with Crippen molar-refractivity contribution in [2.45, 2.75) is 32.3 Å². The van der Waals surface area contributed by atoms with Crippen LogP contribution in [0.25, 0.3) is 10.9 Å². The average Bonchev–Trinajstić information content (AvgIpc) is 2.93. The lowest BCUT2D eigenvalue weighted by molar-refractivity contribution is -0.130. The number of hydrogen-bond acceptors (Lipinski definition) is 8. The largest absolute Gasteiger partial charge is 0.493 e.